The molecule has 0 spiro atoms. The summed E-state index contributed by atoms with van der Waals surface area (Å²) in [5.41, 5.74) is 9.80. The second kappa shape index (κ2) is 13.3. The third kappa shape index (κ3) is 7.48. The van der Waals surface area contributed by atoms with E-state index in [-0.39, 0.29) is 28.2 Å². The Hall–Kier alpha value is -3.03. The monoisotopic (exact) mass is 512 g/mol. The Kier molecular flexibility index (Phi) is 10.2. The lowest BCUT2D eigenvalue weighted by molar-refractivity contribution is 0.0930. The van der Waals surface area contributed by atoms with Crippen LogP contribution in [0.1, 0.15) is 56.1 Å². The maximum Gasteiger partial charge on any atom is 0.270 e. The molecule has 1 aromatic heterocycles. The van der Waals surface area contributed by atoms with Crippen molar-refractivity contribution in [2.45, 2.75) is 40.0 Å². The van der Waals surface area contributed by atoms with Crippen molar-refractivity contribution in [2.24, 2.45) is 5.92 Å². The average molecular weight is 513 g/mol. The van der Waals surface area contributed by atoms with Crippen molar-refractivity contribution < 1.29 is 14.6 Å². The highest BCUT2D eigenvalue weighted by Gasteiger charge is 2.22. The van der Waals surface area contributed by atoms with Crippen LogP contribution in [0.5, 0.6) is 5.88 Å². The lowest BCUT2D eigenvalue weighted by Gasteiger charge is -2.31. The largest absolute Gasteiger partial charge is 0.511 e. The van der Waals surface area contributed by atoms with Gasteiger partial charge in [0.15, 0.2) is 0 Å². The minimum absolute atomic E-state index is 0.171. The van der Waals surface area contributed by atoms with Gasteiger partial charge in [-0.3, -0.25) is 9.69 Å². The van der Waals surface area contributed by atoms with Crippen molar-refractivity contribution in [3.05, 3.63) is 70.1 Å². The van der Waals surface area contributed by atoms with E-state index in [4.69, 9.17) is 22.1 Å². The molecule has 0 aliphatic carbocycles. The van der Waals surface area contributed by atoms with Crippen molar-refractivity contribution in [1.29, 1.82) is 0 Å². The number of hydrogen-bond acceptors (Lipinski definition) is 6. The summed E-state index contributed by atoms with van der Waals surface area (Å²) < 4.78 is 5.38. The fourth-order valence-electron chi connectivity index (χ4n) is 4.25. The number of anilines is 1. The summed E-state index contributed by atoms with van der Waals surface area (Å²) in [7, 11) is 0. The van der Waals surface area contributed by atoms with Crippen molar-refractivity contribution in [1.82, 2.24) is 15.2 Å². The van der Waals surface area contributed by atoms with E-state index in [0.717, 1.165) is 43.5 Å². The third-order valence-corrected chi connectivity index (χ3v) is 6.88. The topological polar surface area (TPSA) is 101 Å². The number of aliphatic hydroxyl groups is 1. The van der Waals surface area contributed by atoms with Gasteiger partial charge >= 0.3 is 0 Å². The lowest BCUT2D eigenvalue weighted by atomic mass is 9.96. The van der Waals surface area contributed by atoms with Gasteiger partial charge in [-0.25, -0.2) is 4.98 Å². The zero-order valence-corrected chi connectivity index (χ0v) is 22.1. The molecule has 4 N–H and O–H groups in total. The molecule has 1 aliphatic heterocycles. The molecule has 0 unspecified atom stereocenters. The van der Waals surface area contributed by atoms with Gasteiger partial charge in [0, 0.05) is 6.54 Å². The summed E-state index contributed by atoms with van der Waals surface area (Å²) in [6, 6.07) is 11.6. The quantitative estimate of drug-likeness (QED) is 0.288. The Morgan fingerprint density at radius 3 is 2.61 bits per heavy atom. The number of aromatic nitrogens is 1. The molecule has 8 heteroatoms. The summed E-state index contributed by atoms with van der Waals surface area (Å²) in [5.74, 6) is 0.595. The Balaban J connectivity index is 1.52. The first-order chi connectivity index (χ1) is 17.3. The number of nitrogen functional groups attached to an aromatic ring is 1. The molecule has 1 saturated heterocycles. The minimum atomic E-state index is -0.297. The molecule has 1 fully saturated rings. The summed E-state index contributed by atoms with van der Waals surface area (Å²) in [5, 5.41) is 13.9. The second-order valence-corrected chi connectivity index (χ2v) is 9.51. The number of benzene rings is 1. The number of rotatable bonds is 10. The van der Waals surface area contributed by atoms with Gasteiger partial charge in [-0.2, -0.15) is 0 Å². The maximum absolute atomic E-state index is 12.6. The smallest absolute Gasteiger partial charge is 0.270 e. The number of hydrogen-bond donors (Lipinski definition) is 3. The highest BCUT2D eigenvalue weighted by atomic mass is 35.5. The molecule has 36 heavy (non-hydrogen) atoms. The molecule has 2 aromatic rings. The van der Waals surface area contributed by atoms with E-state index in [0.29, 0.717) is 31.4 Å². The summed E-state index contributed by atoms with van der Waals surface area (Å²) in [6.45, 7) is 9.21. The molecule has 7 nitrogen and oxygen atoms in total. The number of ether oxygens (including phenoxy) is 1. The van der Waals surface area contributed by atoms with Crippen molar-refractivity contribution in [3.8, 4) is 5.88 Å². The van der Waals surface area contributed by atoms with Crippen LogP contribution in [-0.2, 0) is 0 Å². The molecule has 0 radical (unpaired) electrons. The summed E-state index contributed by atoms with van der Waals surface area (Å²) in [6.07, 6.45) is 4.70. The second-order valence-electron chi connectivity index (χ2n) is 9.13. The minimum Gasteiger partial charge on any atom is -0.511 e. The van der Waals surface area contributed by atoms with Crippen molar-refractivity contribution in [2.75, 3.05) is 38.5 Å². The van der Waals surface area contributed by atoms with Crippen LogP contribution >= 0.6 is 11.6 Å². The number of likely N-dealkylation sites (tertiary alicyclic amines) is 1. The standard InChI is InChI=1S/C28H37ClN4O3/c1-4-19(3)23(21-9-7-6-8-10-21)15-22(34)18-33-13-11-20(12-14-33)17-31-27(35)25-16-24(30)26(29)28(32-25)36-5-2/h6-10,15-16,20,34H,4-5,11-14,17-18H2,1-3H3,(H2,30,32)(H,31,35)/b22-15-,23-19?. The predicted molar refractivity (Wildman–Crippen MR) is 146 cm³/mol. The number of pyridine rings is 1. The molecule has 1 aromatic carbocycles. The average Bonchev–Trinajstić information content (AvgIpc) is 2.89. The van der Waals surface area contributed by atoms with Gasteiger partial charge in [0.1, 0.15) is 16.5 Å². The number of nitrogens with one attached hydrogen (secondary N) is 1. The fourth-order valence-corrected chi connectivity index (χ4v) is 4.40. The Morgan fingerprint density at radius 2 is 1.97 bits per heavy atom. The van der Waals surface area contributed by atoms with Crippen LogP contribution in [0.4, 0.5) is 5.69 Å². The molecule has 1 aliphatic rings. The number of halogens is 1. The first-order valence-corrected chi connectivity index (χ1v) is 12.9. The van der Waals surface area contributed by atoms with Crippen molar-refractivity contribution in [3.63, 3.8) is 0 Å². The normalized spacial score (nSPS) is 15.9. The SMILES string of the molecule is CCOc1nc(C(=O)NCC2CCN(C/C(O)=C/C(=C(C)CC)c3ccccc3)CC2)cc(N)c1Cl. The number of carbonyl (C=O) groups is 1. The number of nitrogens with zero attached hydrogens (tertiary/aromatic N) is 2. The molecule has 194 valence electrons. The summed E-state index contributed by atoms with van der Waals surface area (Å²) in [4.78, 5) is 19.1. The first-order valence-electron chi connectivity index (χ1n) is 12.6. The summed E-state index contributed by atoms with van der Waals surface area (Å²) >= 11 is 6.11. The van der Waals surface area contributed by atoms with Crippen LogP contribution in [0.3, 0.4) is 0 Å². The van der Waals surface area contributed by atoms with Crippen LogP contribution < -0.4 is 15.8 Å². The zero-order chi connectivity index (χ0) is 26.1. The van der Waals surface area contributed by atoms with Gasteiger partial charge in [-0.15, -0.1) is 0 Å². The third-order valence-electron chi connectivity index (χ3n) is 6.50. The number of amides is 1. The van der Waals surface area contributed by atoms with Crippen LogP contribution in [0, 0.1) is 5.92 Å². The van der Waals surface area contributed by atoms with E-state index in [9.17, 15) is 9.90 Å². The number of nitrogens with two attached hydrogens (primary N) is 1. The highest BCUT2D eigenvalue weighted by Crippen LogP contribution is 2.29. The van der Waals surface area contributed by atoms with Crippen LogP contribution in [0.2, 0.25) is 5.02 Å². The van der Waals surface area contributed by atoms with E-state index in [1.165, 1.54) is 11.6 Å². The first kappa shape index (κ1) is 27.6. The Morgan fingerprint density at radius 1 is 1.28 bits per heavy atom. The zero-order valence-electron chi connectivity index (χ0n) is 21.4. The molecule has 1 amide bonds. The molecule has 0 saturated carbocycles. The Bertz CT molecular complexity index is 1090. The van der Waals surface area contributed by atoms with Gasteiger partial charge in [-0.1, -0.05) is 54.4 Å². The van der Waals surface area contributed by atoms with E-state index in [1.807, 2.05) is 31.2 Å². The molecular formula is C28H37ClN4O3. The van der Waals surface area contributed by atoms with Gasteiger partial charge < -0.3 is 20.9 Å². The van der Waals surface area contributed by atoms with Gasteiger partial charge in [0.25, 0.3) is 5.91 Å². The number of piperidine rings is 1. The van der Waals surface area contributed by atoms with Gasteiger partial charge in [0.05, 0.1) is 18.8 Å². The fraction of sp³-hybridized carbons (Fsp3) is 0.429. The van der Waals surface area contributed by atoms with E-state index in [1.54, 1.807) is 0 Å². The number of aliphatic hydroxyl groups excluding tert-OH is 1. The molecule has 2 heterocycles. The van der Waals surface area contributed by atoms with Gasteiger partial charge in [0.2, 0.25) is 5.88 Å². The molecule has 0 atom stereocenters. The highest BCUT2D eigenvalue weighted by molar-refractivity contribution is 6.34. The van der Waals surface area contributed by atoms with E-state index < -0.39 is 0 Å². The van der Waals surface area contributed by atoms with Crippen LogP contribution in [0.15, 0.2) is 53.8 Å². The van der Waals surface area contributed by atoms with Gasteiger partial charge in [-0.05, 0) is 75.4 Å². The van der Waals surface area contributed by atoms with Crippen LogP contribution in [-0.4, -0.2) is 53.7 Å². The lowest BCUT2D eigenvalue weighted by Crippen LogP contribution is -2.39. The van der Waals surface area contributed by atoms with E-state index in [2.05, 4.69) is 41.2 Å². The van der Waals surface area contributed by atoms with Crippen molar-refractivity contribution >= 4 is 28.8 Å². The molecule has 3 rings (SSSR count). The molecule has 0 bridgehead atoms. The number of allylic oxidation sites excluding steroid dienone is 3. The van der Waals surface area contributed by atoms with E-state index >= 15 is 0 Å². The maximum atomic E-state index is 12.6. The number of carbonyl (C=O) groups excluding carboxylic acids is 1. The van der Waals surface area contributed by atoms with Crippen LogP contribution in [0.25, 0.3) is 5.57 Å². The predicted octanol–water partition coefficient (Wildman–Crippen LogP) is 5.48. The molecular weight excluding hydrogens is 476 g/mol. The Labute approximate surface area is 219 Å².